The molecule has 2 fully saturated rings. The summed E-state index contributed by atoms with van der Waals surface area (Å²) in [5, 5.41) is 0. The largest absolute Gasteiger partial charge is 0.459 e. The first kappa shape index (κ1) is 15.0. The molecule has 2 aliphatic heterocycles. The highest BCUT2D eigenvalue weighted by molar-refractivity contribution is 5.75. The van der Waals surface area contributed by atoms with Crippen LogP contribution >= 0.6 is 0 Å². The van der Waals surface area contributed by atoms with Crippen molar-refractivity contribution in [3.05, 3.63) is 11.6 Å². The zero-order valence-electron chi connectivity index (χ0n) is 13.3. The summed E-state index contributed by atoms with van der Waals surface area (Å²) < 4.78 is 17.1. The molecule has 0 aromatic carbocycles. The van der Waals surface area contributed by atoms with E-state index in [1.165, 1.54) is 5.57 Å². The highest BCUT2D eigenvalue weighted by Crippen LogP contribution is 2.50. The molecule has 0 radical (unpaired) electrons. The van der Waals surface area contributed by atoms with Gasteiger partial charge in [0.1, 0.15) is 12.2 Å². The lowest BCUT2D eigenvalue weighted by atomic mass is 9.81. The predicted octanol–water partition coefficient (Wildman–Crippen LogP) is 2.86. The van der Waals surface area contributed by atoms with Crippen LogP contribution in [0.5, 0.6) is 0 Å². The first-order chi connectivity index (χ1) is 10.0. The standard InChI is InChI=1S/C17H26O4/c1-4-19-10-13-12-8-7-11(2)6-5-9-17(3)15(21-17)14(12)20-16(13)18/h6,12-15H,4-5,7-10H2,1-3H3/b11-6+/t12-,13-,14-,15+,17+/m0/s1. The molecule has 4 heteroatoms. The number of allylic oxidation sites excluding steroid dienone is 2. The molecule has 1 aliphatic carbocycles. The van der Waals surface area contributed by atoms with Crippen LogP contribution < -0.4 is 0 Å². The molecule has 3 rings (SSSR count). The summed E-state index contributed by atoms with van der Waals surface area (Å²) in [6.07, 6.45) is 6.37. The van der Waals surface area contributed by atoms with Crippen LogP contribution in [0.2, 0.25) is 0 Å². The minimum absolute atomic E-state index is 0.0740. The molecule has 0 bridgehead atoms. The molecule has 21 heavy (non-hydrogen) atoms. The van der Waals surface area contributed by atoms with Gasteiger partial charge in [-0.2, -0.15) is 0 Å². The van der Waals surface area contributed by atoms with Crippen molar-refractivity contribution >= 4 is 5.97 Å². The number of hydrogen-bond donors (Lipinski definition) is 0. The van der Waals surface area contributed by atoms with Crippen molar-refractivity contribution in [1.29, 1.82) is 0 Å². The third-order valence-corrected chi connectivity index (χ3v) is 5.24. The van der Waals surface area contributed by atoms with Gasteiger partial charge in [0, 0.05) is 12.5 Å². The van der Waals surface area contributed by atoms with Crippen molar-refractivity contribution < 1.29 is 19.0 Å². The Morgan fingerprint density at radius 2 is 2.29 bits per heavy atom. The Morgan fingerprint density at radius 1 is 1.48 bits per heavy atom. The molecule has 4 nitrogen and oxygen atoms in total. The first-order valence-electron chi connectivity index (χ1n) is 8.17. The van der Waals surface area contributed by atoms with Crippen molar-refractivity contribution in [1.82, 2.24) is 0 Å². The van der Waals surface area contributed by atoms with E-state index in [4.69, 9.17) is 14.2 Å². The first-order valence-corrected chi connectivity index (χ1v) is 8.17. The minimum Gasteiger partial charge on any atom is -0.459 e. The monoisotopic (exact) mass is 294 g/mol. The zero-order valence-corrected chi connectivity index (χ0v) is 13.3. The molecule has 0 aromatic rings. The SMILES string of the molecule is CCOC[C@@H]1C(=O)O[C@H]2[C@H]1CC/C(C)=C/CC[C@@]1(C)O[C@H]21. The molecule has 118 valence electrons. The fraction of sp³-hybridized carbons (Fsp3) is 0.824. The minimum atomic E-state index is -0.129. The Bertz CT molecular complexity index is 444. The number of carbonyl (C=O) groups is 1. The maximum absolute atomic E-state index is 12.2. The van der Waals surface area contributed by atoms with E-state index in [2.05, 4.69) is 19.9 Å². The van der Waals surface area contributed by atoms with E-state index < -0.39 is 0 Å². The molecule has 2 heterocycles. The van der Waals surface area contributed by atoms with Crippen LogP contribution in [-0.4, -0.2) is 37.0 Å². The van der Waals surface area contributed by atoms with Gasteiger partial charge in [0.25, 0.3) is 0 Å². The number of ether oxygens (including phenoxy) is 3. The normalized spacial score (nSPS) is 45.1. The molecule has 0 spiro atoms. The van der Waals surface area contributed by atoms with E-state index in [9.17, 15) is 4.79 Å². The lowest BCUT2D eigenvalue weighted by molar-refractivity contribution is -0.146. The van der Waals surface area contributed by atoms with Crippen LogP contribution in [0.25, 0.3) is 0 Å². The number of rotatable bonds is 3. The smallest absolute Gasteiger partial charge is 0.312 e. The van der Waals surface area contributed by atoms with Crippen LogP contribution in [-0.2, 0) is 19.0 Å². The number of fused-ring (bicyclic) bond motifs is 3. The Balaban J connectivity index is 1.80. The topological polar surface area (TPSA) is 48.1 Å². The number of carbonyl (C=O) groups excluding carboxylic acids is 1. The molecular formula is C17H26O4. The van der Waals surface area contributed by atoms with Gasteiger partial charge in [0.05, 0.1) is 18.1 Å². The summed E-state index contributed by atoms with van der Waals surface area (Å²) in [5.74, 6) is -0.00914. The fourth-order valence-corrected chi connectivity index (χ4v) is 3.77. The van der Waals surface area contributed by atoms with Crippen LogP contribution in [0.1, 0.15) is 46.5 Å². The molecule has 3 aliphatic rings. The van der Waals surface area contributed by atoms with Gasteiger partial charge in [-0.25, -0.2) is 0 Å². The number of esters is 1. The second-order valence-corrected chi connectivity index (χ2v) is 6.81. The van der Waals surface area contributed by atoms with Crippen LogP contribution in [0, 0.1) is 11.8 Å². The lowest BCUT2D eigenvalue weighted by Crippen LogP contribution is -2.31. The molecular weight excluding hydrogens is 268 g/mol. The van der Waals surface area contributed by atoms with Crippen LogP contribution in [0.3, 0.4) is 0 Å². The molecule has 0 amide bonds. The highest BCUT2D eigenvalue weighted by atomic mass is 16.6. The Morgan fingerprint density at radius 3 is 3.05 bits per heavy atom. The van der Waals surface area contributed by atoms with Crippen LogP contribution in [0.15, 0.2) is 11.6 Å². The summed E-state index contributed by atoms with van der Waals surface area (Å²) in [7, 11) is 0. The summed E-state index contributed by atoms with van der Waals surface area (Å²) >= 11 is 0. The highest BCUT2D eigenvalue weighted by Gasteiger charge is 2.62. The molecule has 0 N–H and O–H groups in total. The second kappa shape index (κ2) is 5.73. The van der Waals surface area contributed by atoms with Crippen molar-refractivity contribution in [2.75, 3.05) is 13.2 Å². The molecule has 0 saturated carbocycles. The van der Waals surface area contributed by atoms with Crippen molar-refractivity contribution in [2.24, 2.45) is 11.8 Å². The molecule has 0 unspecified atom stereocenters. The van der Waals surface area contributed by atoms with E-state index in [0.29, 0.717) is 13.2 Å². The quantitative estimate of drug-likeness (QED) is 0.456. The van der Waals surface area contributed by atoms with Gasteiger partial charge in [0.15, 0.2) is 0 Å². The van der Waals surface area contributed by atoms with Crippen molar-refractivity contribution in [3.8, 4) is 0 Å². The van der Waals surface area contributed by atoms with E-state index >= 15 is 0 Å². The second-order valence-electron chi connectivity index (χ2n) is 6.81. The van der Waals surface area contributed by atoms with Gasteiger partial charge >= 0.3 is 5.97 Å². The maximum Gasteiger partial charge on any atom is 0.312 e. The lowest BCUT2D eigenvalue weighted by Gasteiger charge is -2.22. The maximum atomic E-state index is 12.2. The Hall–Kier alpha value is -0.870. The van der Waals surface area contributed by atoms with Gasteiger partial charge in [-0.05, 0) is 46.5 Å². The van der Waals surface area contributed by atoms with E-state index in [1.54, 1.807) is 0 Å². The van der Waals surface area contributed by atoms with Crippen molar-refractivity contribution in [3.63, 3.8) is 0 Å². The third-order valence-electron chi connectivity index (χ3n) is 5.24. The summed E-state index contributed by atoms with van der Waals surface area (Å²) in [6.45, 7) is 7.39. The van der Waals surface area contributed by atoms with Crippen LogP contribution in [0.4, 0.5) is 0 Å². The summed E-state index contributed by atoms with van der Waals surface area (Å²) in [6, 6.07) is 0. The van der Waals surface area contributed by atoms with E-state index in [1.807, 2.05) is 6.92 Å². The van der Waals surface area contributed by atoms with E-state index in [-0.39, 0.29) is 35.6 Å². The number of hydrogen-bond acceptors (Lipinski definition) is 4. The molecule has 0 aromatic heterocycles. The van der Waals surface area contributed by atoms with Crippen molar-refractivity contribution in [2.45, 2.75) is 64.3 Å². The van der Waals surface area contributed by atoms with Gasteiger partial charge in [-0.1, -0.05) is 11.6 Å². The third kappa shape index (κ3) is 2.88. The average Bonchev–Trinajstić information content (AvgIpc) is 3.00. The number of epoxide rings is 1. The van der Waals surface area contributed by atoms with Gasteiger partial charge < -0.3 is 14.2 Å². The Labute approximate surface area is 126 Å². The predicted molar refractivity (Wildman–Crippen MR) is 78.9 cm³/mol. The summed E-state index contributed by atoms with van der Waals surface area (Å²) in [4.78, 5) is 12.2. The van der Waals surface area contributed by atoms with Gasteiger partial charge in [-0.3, -0.25) is 4.79 Å². The Kier molecular flexibility index (Phi) is 4.10. The molecule has 2 saturated heterocycles. The zero-order chi connectivity index (χ0) is 15.0. The van der Waals surface area contributed by atoms with E-state index in [0.717, 1.165) is 25.7 Å². The fourth-order valence-electron chi connectivity index (χ4n) is 3.77. The van der Waals surface area contributed by atoms with Gasteiger partial charge in [-0.15, -0.1) is 0 Å². The average molecular weight is 294 g/mol. The molecule has 5 atom stereocenters. The van der Waals surface area contributed by atoms with Gasteiger partial charge in [0.2, 0.25) is 0 Å². The summed E-state index contributed by atoms with van der Waals surface area (Å²) in [5.41, 5.74) is 1.30.